The molecule has 0 bridgehead atoms. The molecule has 0 spiro atoms. The van der Waals surface area contributed by atoms with Gasteiger partial charge in [0.25, 0.3) is 5.91 Å². The van der Waals surface area contributed by atoms with Gasteiger partial charge in [0, 0.05) is 35.6 Å². The van der Waals surface area contributed by atoms with Gasteiger partial charge in [0.1, 0.15) is 0 Å². The molecule has 1 saturated heterocycles. The number of piperidine rings is 1. The van der Waals surface area contributed by atoms with Gasteiger partial charge < -0.3 is 4.90 Å². The molecule has 5 nitrogen and oxygen atoms in total. The van der Waals surface area contributed by atoms with E-state index in [4.69, 9.17) is 11.6 Å². The number of alkyl halides is 3. The molecular weight excluding hydrogens is 425 g/mol. The molecule has 0 radical (unpaired) electrons. The Morgan fingerprint density at radius 3 is 2.66 bits per heavy atom. The summed E-state index contributed by atoms with van der Waals surface area (Å²) in [5.74, 6) is -0.632. The van der Waals surface area contributed by atoms with Gasteiger partial charge in [0.05, 0.1) is 22.5 Å². The SMILES string of the molecule is O=C(c1cnn(-c2ccc(Cl)cc2)c1C(F)(F)F)N1CCCC(c2nccs2)C1. The topological polar surface area (TPSA) is 51.0 Å². The Kier molecular flexibility index (Phi) is 5.35. The molecule has 152 valence electrons. The van der Waals surface area contributed by atoms with Gasteiger partial charge in [-0.15, -0.1) is 11.3 Å². The maximum Gasteiger partial charge on any atom is 0.434 e. The van der Waals surface area contributed by atoms with Crippen molar-refractivity contribution in [1.82, 2.24) is 19.7 Å². The Bertz CT molecular complexity index is 1000. The second-order valence-electron chi connectivity index (χ2n) is 6.75. The van der Waals surface area contributed by atoms with Crippen molar-refractivity contribution in [2.24, 2.45) is 0 Å². The van der Waals surface area contributed by atoms with Crippen LogP contribution in [0.1, 0.15) is 39.8 Å². The summed E-state index contributed by atoms with van der Waals surface area (Å²) < 4.78 is 42.3. The van der Waals surface area contributed by atoms with Gasteiger partial charge >= 0.3 is 6.18 Å². The van der Waals surface area contributed by atoms with E-state index in [2.05, 4.69) is 10.1 Å². The van der Waals surface area contributed by atoms with Gasteiger partial charge in [-0.2, -0.15) is 18.3 Å². The minimum Gasteiger partial charge on any atom is -0.338 e. The largest absolute Gasteiger partial charge is 0.434 e. The predicted octanol–water partition coefficient (Wildman–Crippen LogP) is 5.02. The highest BCUT2D eigenvalue weighted by Crippen LogP contribution is 2.35. The van der Waals surface area contributed by atoms with Crippen LogP contribution in [-0.4, -0.2) is 38.7 Å². The van der Waals surface area contributed by atoms with Crippen LogP contribution in [0.15, 0.2) is 42.0 Å². The summed E-state index contributed by atoms with van der Waals surface area (Å²) in [5, 5.41) is 7.01. The Labute approximate surface area is 173 Å². The first-order valence-electron chi connectivity index (χ1n) is 8.94. The zero-order chi connectivity index (χ0) is 20.6. The van der Waals surface area contributed by atoms with Crippen LogP contribution in [0.2, 0.25) is 5.02 Å². The first-order chi connectivity index (χ1) is 13.8. The van der Waals surface area contributed by atoms with Crippen molar-refractivity contribution in [3.63, 3.8) is 0 Å². The minimum absolute atomic E-state index is 0.0355. The van der Waals surface area contributed by atoms with Crippen molar-refractivity contribution in [2.75, 3.05) is 13.1 Å². The Hall–Kier alpha value is -2.39. The Morgan fingerprint density at radius 2 is 2.00 bits per heavy atom. The summed E-state index contributed by atoms with van der Waals surface area (Å²) in [5.41, 5.74) is -1.35. The average Bonchev–Trinajstić information content (AvgIpc) is 3.38. The van der Waals surface area contributed by atoms with Crippen LogP contribution in [0.5, 0.6) is 0 Å². The average molecular weight is 441 g/mol. The van der Waals surface area contributed by atoms with E-state index >= 15 is 0 Å². The fourth-order valence-corrected chi connectivity index (χ4v) is 4.42. The van der Waals surface area contributed by atoms with Crippen LogP contribution >= 0.6 is 22.9 Å². The third-order valence-corrected chi connectivity index (χ3v) is 6.04. The molecule has 1 amide bonds. The number of carbonyl (C=O) groups is 1. The number of carbonyl (C=O) groups excluding carboxylic acids is 1. The molecule has 1 unspecified atom stereocenters. The van der Waals surface area contributed by atoms with Crippen molar-refractivity contribution in [1.29, 1.82) is 0 Å². The lowest BCUT2D eigenvalue weighted by atomic mass is 9.98. The van der Waals surface area contributed by atoms with Gasteiger partial charge in [-0.1, -0.05) is 11.6 Å². The van der Waals surface area contributed by atoms with E-state index < -0.39 is 23.3 Å². The van der Waals surface area contributed by atoms with E-state index in [9.17, 15) is 18.0 Å². The van der Waals surface area contributed by atoms with Crippen LogP contribution in [0, 0.1) is 0 Å². The van der Waals surface area contributed by atoms with Gasteiger partial charge in [0.15, 0.2) is 5.69 Å². The monoisotopic (exact) mass is 440 g/mol. The van der Waals surface area contributed by atoms with Crippen molar-refractivity contribution in [3.05, 3.63) is 63.3 Å². The van der Waals surface area contributed by atoms with Crippen molar-refractivity contribution < 1.29 is 18.0 Å². The maximum atomic E-state index is 13.9. The van der Waals surface area contributed by atoms with Crippen LogP contribution in [0.3, 0.4) is 0 Å². The van der Waals surface area contributed by atoms with Crippen LogP contribution < -0.4 is 0 Å². The van der Waals surface area contributed by atoms with E-state index in [1.54, 1.807) is 6.20 Å². The zero-order valence-corrected chi connectivity index (χ0v) is 16.6. The van der Waals surface area contributed by atoms with Gasteiger partial charge in [0.2, 0.25) is 0 Å². The number of rotatable bonds is 3. The summed E-state index contributed by atoms with van der Waals surface area (Å²) >= 11 is 7.32. The number of hydrogen-bond acceptors (Lipinski definition) is 4. The summed E-state index contributed by atoms with van der Waals surface area (Å²) in [6.07, 6.45) is -0.493. The van der Waals surface area contributed by atoms with E-state index in [0.29, 0.717) is 24.5 Å². The molecule has 1 aliphatic heterocycles. The Balaban J connectivity index is 1.67. The van der Waals surface area contributed by atoms with Crippen LogP contribution in [-0.2, 0) is 6.18 Å². The molecular formula is C19H16ClF3N4OS. The van der Waals surface area contributed by atoms with Crippen molar-refractivity contribution in [2.45, 2.75) is 24.9 Å². The highest BCUT2D eigenvalue weighted by Gasteiger charge is 2.42. The molecule has 0 saturated carbocycles. The molecule has 0 aliphatic carbocycles. The maximum absolute atomic E-state index is 13.9. The molecule has 1 fully saturated rings. The fourth-order valence-electron chi connectivity index (χ4n) is 3.53. The molecule has 1 aromatic carbocycles. The number of aromatic nitrogens is 3. The highest BCUT2D eigenvalue weighted by atomic mass is 35.5. The number of benzene rings is 1. The molecule has 29 heavy (non-hydrogen) atoms. The first kappa shape index (κ1) is 19.9. The van der Waals surface area contributed by atoms with Crippen LogP contribution in [0.25, 0.3) is 5.69 Å². The second-order valence-corrected chi connectivity index (χ2v) is 8.12. The molecule has 0 N–H and O–H groups in total. The normalized spacial score (nSPS) is 17.5. The summed E-state index contributed by atoms with van der Waals surface area (Å²) in [4.78, 5) is 18.8. The molecule has 4 rings (SSSR count). The molecule has 1 atom stereocenters. The smallest absolute Gasteiger partial charge is 0.338 e. The number of amides is 1. The molecule has 10 heteroatoms. The third kappa shape index (κ3) is 4.02. The van der Waals surface area contributed by atoms with Crippen molar-refractivity contribution in [3.8, 4) is 5.69 Å². The number of thiazole rings is 1. The highest BCUT2D eigenvalue weighted by molar-refractivity contribution is 7.09. The second kappa shape index (κ2) is 7.79. The lowest BCUT2D eigenvalue weighted by Crippen LogP contribution is -2.39. The first-order valence-corrected chi connectivity index (χ1v) is 10.2. The van der Waals surface area contributed by atoms with Crippen molar-refractivity contribution >= 4 is 28.8 Å². The van der Waals surface area contributed by atoms with Gasteiger partial charge in [-0.3, -0.25) is 4.79 Å². The number of halogens is 4. The number of hydrogen-bond donors (Lipinski definition) is 0. The molecule has 1 aliphatic rings. The fraction of sp³-hybridized carbons (Fsp3) is 0.316. The molecule has 2 aromatic heterocycles. The third-order valence-electron chi connectivity index (χ3n) is 4.85. The van der Waals surface area contributed by atoms with Gasteiger partial charge in [-0.05, 0) is 37.1 Å². The Morgan fingerprint density at radius 1 is 1.24 bits per heavy atom. The van der Waals surface area contributed by atoms with E-state index in [-0.39, 0.29) is 11.6 Å². The summed E-state index contributed by atoms with van der Waals surface area (Å²) in [6.45, 7) is 0.750. The standard InChI is InChI=1S/C19H16ClF3N4OS/c20-13-3-5-14(6-4-13)27-16(19(21,22)23)15(10-25-27)18(28)26-8-1-2-12(11-26)17-24-7-9-29-17/h3-7,9-10,12H,1-2,8,11H2. The lowest BCUT2D eigenvalue weighted by molar-refractivity contribution is -0.143. The van der Waals surface area contributed by atoms with E-state index in [1.165, 1.54) is 40.5 Å². The van der Waals surface area contributed by atoms with Crippen LogP contribution in [0.4, 0.5) is 13.2 Å². The lowest BCUT2D eigenvalue weighted by Gasteiger charge is -2.32. The predicted molar refractivity (Wildman–Crippen MR) is 104 cm³/mol. The number of nitrogens with zero attached hydrogens (tertiary/aromatic N) is 4. The quantitative estimate of drug-likeness (QED) is 0.574. The van der Waals surface area contributed by atoms with Gasteiger partial charge in [-0.25, -0.2) is 9.67 Å². The molecule has 3 aromatic rings. The number of likely N-dealkylation sites (tertiary alicyclic amines) is 1. The summed E-state index contributed by atoms with van der Waals surface area (Å²) in [6, 6.07) is 5.81. The summed E-state index contributed by atoms with van der Waals surface area (Å²) in [7, 11) is 0. The molecule has 3 heterocycles. The minimum atomic E-state index is -4.74. The van der Waals surface area contributed by atoms with E-state index in [1.807, 2.05) is 5.38 Å². The van der Waals surface area contributed by atoms with E-state index in [0.717, 1.165) is 22.3 Å². The zero-order valence-electron chi connectivity index (χ0n) is 15.1.